The summed E-state index contributed by atoms with van der Waals surface area (Å²) in [6, 6.07) is 25.8. The van der Waals surface area contributed by atoms with Crippen molar-refractivity contribution in [3.8, 4) is 51.1 Å². The average molecular weight is 438 g/mol. The van der Waals surface area contributed by atoms with Crippen LogP contribution < -0.4 is 15.2 Å². The van der Waals surface area contributed by atoms with Crippen LogP contribution in [0.2, 0.25) is 0 Å². The minimum Gasteiger partial charge on any atom is -0.497 e. The highest BCUT2D eigenvalue weighted by atomic mass is 16.5. The van der Waals surface area contributed by atoms with Gasteiger partial charge in [-0.3, -0.25) is 5.10 Å². The summed E-state index contributed by atoms with van der Waals surface area (Å²) in [4.78, 5) is 4.19. The SMILES string of the molecule is COc1ccc(-c2cc(-c3ccc(OC)cc3)n(-c3ccc(-c4nc(N)n[nH]4)cc3)n2)cc1. The number of H-pyrrole nitrogens is 1. The van der Waals surface area contributed by atoms with Gasteiger partial charge in [-0.05, 0) is 78.9 Å². The fraction of sp³-hybridized carbons (Fsp3) is 0.0800. The van der Waals surface area contributed by atoms with Crippen molar-refractivity contribution in [1.82, 2.24) is 25.0 Å². The lowest BCUT2D eigenvalue weighted by Gasteiger charge is -2.09. The van der Waals surface area contributed by atoms with E-state index in [1.807, 2.05) is 77.5 Å². The lowest BCUT2D eigenvalue weighted by atomic mass is 10.1. The molecule has 0 aliphatic carbocycles. The molecule has 0 bridgehead atoms. The van der Waals surface area contributed by atoms with Crippen molar-refractivity contribution in [1.29, 1.82) is 0 Å². The van der Waals surface area contributed by atoms with E-state index in [1.54, 1.807) is 14.2 Å². The fourth-order valence-corrected chi connectivity index (χ4v) is 3.61. The van der Waals surface area contributed by atoms with Crippen molar-refractivity contribution in [2.75, 3.05) is 20.0 Å². The van der Waals surface area contributed by atoms with Gasteiger partial charge in [0.25, 0.3) is 0 Å². The highest BCUT2D eigenvalue weighted by molar-refractivity contribution is 5.71. The Labute approximate surface area is 190 Å². The number of rotatable bonds is 6. The lowest BCUT2D eigenvalue weighted by Crippen LogP contribution is -1.99. The van der Waals surface area contributed by atoms with E-state index in [4.69, 9.17) is 20.3 Å². The Morgan fingerprint density at radius 2 is 1.33 bits per heavy atom. The van der Waals surface area contributed by atoms with Crippen LogP contribution in [-0.2, 0) is 0 Å². The van der Waals surface area contributed by atoms with Gasteiger partial charge in [-0.15, -0.1) is 5.10 Å². The summed E-state index contributed by atoms with van der Waals surface area (Å²) in [6.45, 7) is 0. The van der Waals surface area contributed by atoms with Gasteiger partial charge in [0.15, 0.2) is 5.82 Å². The van der Waals surface area contributed by atoms with Crippen LogP contribution in [0.25, 0.3) is 39.6 Å². The van der Waals surface area contributed by atoms with Gasteiger partial charge in [0.2, 0.25) is 5.95 Å². The predicted octanol–water partition coefficient (Wildman–Crippen LogP) is 4.59. The molecule has 5 rings (SSSR count). The van der Waals surface area contributed by atoms with E-state index in [0.717, 1.165) is 45.3 Å². The van der Waals surface area contributed by atoms with Gasteiger partial charge in [-0.1, -0.05) is 0 Å². The molecule has 0 saturated heterocycles. The molecular formula is C25H22N6O2. The van der Waals surface area contributed by atoms with Crippen molar-refractivity contribution in [2.45, 2.75) is 0 Å². The Morgan fingerprint density at radius 3 is 1.88 bits per heavy atom. The van der Waals surface area contributed by atoms with Crippen LogP contribution in [0.3, 0.4) is 0 Å². The van der Waals surface area contributed by atoms with E-state index in [0.29, 0.717) is 5.82 Å². The maximum atomic E-state index is 5.63. The normalized spacial score (nSPS) is 10.8. The highest BCUT2D eigenvalue weighted by Crippen LogP contribution is 2.31. The third kappa shape index (κ3) is 4.01. The van der Waals surface area contributed by atoms with Gasteiger partial charge >= 0.3 is 0 Å². The lowest BCUT2D eigenvalue weighted by molar-refractivity contribution is 0.414. The molecule has 0 aliphatic rings. The third-order valence-electron chi connectivity index (χ3n) is 5.37. The first-order valence-corrected chi connectivity index (χ1v) is 10.3. The van der Waals surface area contributed by atoms with E-state index in [9.17, 15) is 0 Å². The number of nitrogen functional groups attached to an aromatic ring is 1. The summed E-state index contributed by atoms with van der Waals surface area (Å²) in [7, 11) is 3.31. The topological polar surface area (TPSA) is 104 Å². The van der Waals surface area contributed by atoms with Gasteiger partial charge in [-0.25, -0.2) is 4.68 Å². The molecule has 0 unspecified atom stereocenters. The van der Waals surface area contributed by atoms with Crippen LogP contribution in [0.15, 0.2) is 78.9 Å². The van der Waals surface area contributed by atoms with E-state index in [1.165, 1.54) is 0 Å². The molecule has 0 radical (unpaired) electrons. The monoisotopic (exact) mass is 438 g/mol. The number of methoxy groups -OCH3 is 2. The van der Waals surface area contributed by atoms with Crippen LogP contribution in [0.1, 0.15) is 0 Å². The number of ether oxygens (including phenoxy) is 2. The quantitative estimate of drug-likeness (QED) is 0.402. The summed E-state index contributed by atoms with van der Waals surface area (Å²) >= 11 is 0. The third-order valence-corrected chi connectivity index (χ3v) is 5.37. The zero-order chi connectivity index (χ0) is 22.8. The maximum absolute atomic E-state index is 5.63. The Kier molecular flexibility index (Phi) is 5.24. The Hall–Kier alpha value is -4.59. The summed E-state index contributed by atoms with van der Waals surface area (Å²) in [5.74, 6) is 2.44. The summed E-state index contributed by atoms with van der Waals surface area (Å²) in [5, 5.41) is 11.6. The standard InChI is InChI=1S/C25H22N6O2/c1-32-20-11-5-16(6-12-20)22-15-23(17-7-13-21(33-2)14-8-17)31(30-22)19-9-3-18(4-10-19)24-27-25(26)29-28-24/h3-15H,1-2H3,(H3,26,27,28,29). The Balaban J connectivity index is 1.58. The second-order valence-electron chi connectivity index (χ2n) is 7.37. The molecule has 2 aromatic heterocycles. The van der Waals surface area contributed by atoms with Crippen LogP contribution >= 0.6 is 0 Å². The van der Waals surface area contributed by atoms with Gasteiger partial charge in [0.1, 0.15) is 11.5 Å². The molecule has 0 fully saturated rings. The molecule has 3 N–H and O–H groups in total. The fourth-order valence-electron chi connectivity index (χ4n) is 3.61. The van der Waals surface area contributed by atoms with Gasteiger partial charge in [0, 0.05) is 16.7 Å². The average Bonchev–Trinajstić information content (AvgIpc) is 3.51. The van der Waals surface area contributed by atoms with Crippen LogP contribution in [0.5, 0.6) is 11.5 Å². The molecular weight excluding hydrogens is 416 g/mol. The van der Waals surface area contributed by atoms with E-state index < -0.39 is 0 Å². The van der Waals surface area contributed by atoms with Gasteiger partial charge in [-0.2, -0.15) is 10.1 Å². The number of nitrogens with zero attached hydrogens (tertiary/aromatic N) is 4. The van der Waals surface area contributed by atoms with E-state index in [-0.39, 0.29) is 5.95 Å². The highest BCUT2D eigenvalue weighted by Gasteiger charge is 2.14. The smallest absolute Gasteiger partial charge is 0.239 e. The summed E-state index contributed by atoms with van der Waals surface area (Å²) in [5.41, 5.74) is 11.3. The molecule has 8 nitrogen and oxygen atoms in total. The number of aromatic amines is 1. The molecule has 0 amide bonds. The summed E-state index contributed by atoms with van der Waals surface area (Å²) in [6.07, 6.45) is 0. The number of nitrogens with one attached hydrogen (secondary N) is 1. The minimum atomic E-state index is 0.215. The number of aromatic nitrogens is 5. The molecule has 164 valence electrons. The van der Waals surface area contributed by atoms with Crippen LogP contribution in [0, 0.1) is 0 Å². The first-order valence-electron chi connectivity index (χ1n) is 10.3. The minimum absolute atomic E-state index is 0.215. The van der Waals surface area contributed by atoms with Gasteiger partial charge in [0.05, 0.1) is 31.3 Å². The number of benzene rings is 3. The first kappa shape index (κ1) is 20.3. The summed E-state index contributed by atoms with van der Waals surface area (Å²) < 4.78 is 12.5. The molecule has 0 spiro atoms. The number of hydrogen-bond donors (Lipinski definition) is 2. The van der Waals surface area contributed by atoms with Crippen LogP contribution in [-0.4, -0.2) is 39.2 Å². The van der Waals surface area contributed by atoms with Crippen molar-refractivity contribution in [3.63, 3.8) is 0 Å². The molecule has 2 heterocycles. The van der Waals surface area contributed by atoms with E-state index >= 15 is 0 Å². The predicted molar refractivity (Wildman–Crippen MR) is 127 cm³/mol. The van der Waals surface area contributed by atoms with Crippen LogP contribution in [0.4, 0.5) is 5.95 Å². The van der Waals surface area contributed by atoms with Crippen molar-refractivity contribution >= 4 is 5.95 Å². The second-order valence-corrected chi connectivity index (χ2v) is 7.37. The number of anilines is 1. The molecule has 5 aromatic rings. The molecule has 3 aromatic carbocycles. The van der Waals surface area contributed by atoms with Crippen molar-refractivity contribution in [3.05, 3.63) is 78.9 Å². The Bertz CT molecular complexity index is 1370. The first-order chi connectivity index (χ1) is 16.1. The molecule has 33 heavy (non-hydrogen) atoms. The van der Waals surface area contributed by atoms with Gasteiger partial charge < -0.3 is 15.2 Å². The molecule has 0 atom stereocenters. The number of hydrogen-bond acceptors (Lipinski definition) is 6. The molecule has 8 heteroatoms. The van der Waals surface area contributed by atoms with E-state index in [2.05, 4.69) is 21.2 Å². The second kappa shape index (κ2) is 8.51. The maximum Gasteiger partial charge on any atom is 0.239 e. The number of nitrogens with two attached hydrogens (primary N) is 1. The van der Waals surface area contributed by atoms with Crippen molar-refractivity contribution in [2.24, 2.45) is 0 Å². The molecule has 0 saturated carbocycles. The zero-order valence-electron chi connectivity index (χ0n) is 18.2. The zero-order valence-corrected chi connectivity index (χ0v) is 18.2. The Morgan fingerprint density at radius 1 is 0.758 bits per heavy atom. The van der Waals surface area contributed by atoms with Crippen molar-refractivity contribution < 1.29 is 9.47 Å². The molecule has 0 aliphatic heterocycles. The largest absolute Gasteiger partial charge is 0.497 e.